The van der Waals surface area contributed by atoms with E-state index < -0.39 is 5.91 Å². The molecule has 0 bridgehead atoms. The van der Waals surface area contributed by atoms with Gasteiger partial charge in [-0.15, -0.1) is 5.11 Å². The predicted octanol–water partition coefficient (Wildman–Crippen LogP) is 5.38. The van der Waals surface area contributed by atoms with Crippen LogP contribution < -0.4 is 11.0 Å². The lowest BCUT2D eigenvalue weighted by Gasteiger charge is -2.11. The van der Waals surface area contributed by atoms with E-state index in [1.54, 1.807) is 36.4 Å². The number of H-pyrrole nitrogens is 2. The highest BCUT2D eigenvalue weighted by atomic mass is 16.3. The van der Waals surface area contributed by atoms with E-state index in [1.165, 1.54) is 0 Å². The molecule has 8 nitrogen and oxygen atoms in total. The van der Waals surface area contributed by atoms with Gasteiger partial charge in [0.1, 0.15) is 5.69 Å². The normalized spacial score (nSPS) is 11.4. The van der Waals surface area contributed by atoms with Gasteiger partial charge in [-0.05, 0) is 41.8 Å². The fourth-order valence-electron chi connectivity index (χ4n) is 3.50. The molecule has 4 aromatic carbocycles. The van der Waals surface area contributed by atoms with E-state index in [2.05, 4.69) is 25.5 Å². The van der Waals surface area contributed by atoms with E-state index in [0.717, 1.165) is 5.39 Å². The zero-order valence-corrected chi connectivity index (χ0v) is 16.7. The van der Waals surface area contributed by atoms with E-state index in [1.807, 2.05) is 42.5 Å². The quantitative estimate of drug-likeness (QED) is 0.290. The second-order valence-corrected chi connectivity index (χ2v) is 7.17. The molecule has 0 aliphatic carbocycles. The third-order valence-corrected chi connectivity index (χ3v) is 5.04. The number of nitrogens with zero attached hydrogens (tertiary/aromatic N) is 2. The number of anilines is 1. The second-order valence-electron chi connectivity index (χ2n) is 7.17. The number of aromatic amines is 2. The van der Waals surface area contributed by atoms with Crippen molar-refractivity contribution in [2.45, 2.75) is 0 Å². The largest absolute Gasteiger partial charge is 0.505 e. The number of nitrogens with one attached hydrogen (secondary N) is 3. The summed E-state index contributed by atoms with van der Waals surface area (Å²) >= 11 is 0. The lowest BCUT2D eigenvalue weighted by molar-refractivity contribution is 0.102. The van der Waals surface area contributed by atoms with Crippen molar-refractivity contribution >= 4 is 44.8 Å². The molecule has 0 saturated heterocycles. The average molecular weight is 423 g/mol. The topological polar surface area (TPSA) is 123 Å². The first-order chi connectivity index (χ1) is 15.6. The molecule has 5 rings (SSSR count). The molecule has 156 valence electrons. The van der Waals surface area contributed by atoms with Gasteiger partial charge in [0, 0.05) is 11.1 Å². The minimum atomic E-state index is -0.512. The van der Waals surface area contributed by atoms with E-state index in [-0.39, 0.29) is 22.7 Å². The number of fused-ring (bicyclic) bond motifs is 2. The number of amides is 1. The van der Waals surface area contributed by atoms with Crippen LogP contribution in [0.5, 0.6) is 5.75 Å². The van der Waals surface area contributed by atoms with Crippen LogP contribution in [-0.4, -0.2) is 21.0 Å². The molecule has 1 heterocycles. The van der Waals surface area contributed by atoms with Gasteiger partial charge in [-0.3, -0.25) is 4.79 Å². The summed E-state index contributed by atoms with van der Waals surface area (Å²) in [5.41, 5.74) is 2.23. The Balaban J connectivity index is 1.55. The molecule has 32 heavy (non-hydrogen) atoms. The van der Waals surface area contributed by atoms with E-state index in [0.29, 0.717) is 27.8 Å². The van der Waals surface area contributed by atoms with E-state index >= 15 is 0 Å². The third kappa shape index (κ3) is 3.61. The molecule has 1 amide bonds. The SMILES string of the molecule is O=C(Nc1ccc2[nH]c(=O)[nH]c2c1)c1cc2ccccc2c(N=Nc2ccccc2)c1O. The molecule has 4 N–H and O–H groups in total. The van der Waals surface area contributed by atoms with Gasteiger partial charge in [-0.2, -0.15) is 5.11 Å². The average Bonchev–Trinajstić information content (AvgIpc) is 3.18. The maximum atomic E-state index is 13.0. The van der Waals surface area contributed by atoms with Crippen LogP contribution in [0.25, 0.3) is 21.8 Å². The Hall–Kier alpha value is -4.72. The third-order valence-electron chi connectivity index (χ3n) is 5.04. The number of phenols is 1. The number of phenolic OH excluding ortho intramolecular Hbond substituents is 1. The maximum Gasteiger partial charge on any atom is 0.323 e. The summed E-state index contributed by atoms with van der Waals surface area (Å²) in [6, 6.07) is 23.0. The highest BCUT2D eigenvalue weighted by molar-refractivity contribution is 6.12. The molecule has 0 fully saturated rings. The van der Waals surface area contributed by atoms with Crippen molar-refractivity contribution in [1.82, 2.24) is 9.97 Å². The second kappa shape index (κ2) is 7.84. The summed E-state index contributed by atoms with van der Waals surface area (Å²) in [7, 11) is 0. The number of carbonyl (C=O) groups is 1. The summed E-state index contributed by atoms with van der Waals surface area (Å²) in [6.45, 7) is 0. The van der Waals surface area contributed by atoms with Crippen molar-refractivity contribution in [1.29, 1.82) is 0 Å². The number of benzene rings is 4. The number of aromatic nitrogens is 2. The van der Waals surface area contributed by atoms with Gasteiger partial charge in [0.05, 0.1) is 22.3 Å². The molecule has 5 aromatic rings. The van der Waals surface area contributed by atoms with Crippen LogP contribution in [0.4, 0.5) is 17.1 Å². The van der Waals surface area contributed by atoms with Gasteiger partial charge in [0.15, 0.2) is 5.75 Å². The van der Waals surface area contributed by atoms with Crippen molar-refractivity contribution in [3.05, 3.63) is 94.9 Å². The molecule has 0 aliphatic heterocycles. The summed E-state index contributed by atoms with van der Waals surface area (Å²) in [5.74, 6) is -0.779. The highest BCUT2D eigenvalue weighted by Crippen LogP contribution is 2.39. The molecular weight excluding hydrogens is 406 g/mol. The molecule has 0 atom stereocenters. The lowest BCUT2D eigenvalue weighted by atomic mass is 10.0. The van der Waals surface area contributed by atoms with Gasteiger partial charge < -0.3 is 20.4 Å². The molecule has 0 saturated carbocycles. The summed E-state index contributed by atoms with van der Waals surface area (Å²) in [4.78, 5) is 29.8. The lowest BCUT2D eigenvalue weighted by Crippen LogP contribution is -2.12. The number of hydrogen-bond donors (Lipinski definition) is 4. The van der Waals surface area contributed by atoms with Gasteiger partial charge in [0.25, 0.3) is 5.91 Å². The Bertz CT molecular complexity index is 1550. The molecule has 0 unspecified atom stereocenters. The number of aromatic hydroxyl groups is 1. The van der Waals surface area contributed by atoms with Crippen molar-refractivity contribution in [3.63, 3.8) is 0 Å². The Labute approximate surface area is 181 Å². The van der Waals surface area contributed by atoms with Crippen LogP contribution in [0.15, 0.2) is 93.9 Å². The summed E-state index contributed by atoms with van der Waals surface area (Å²) < 4.78 is 0. The first-order valence-corrected chi connectivity index (χ1v) is 9.83. The molecule has 0 radical (unpaired) electrons. The van der Waals surface area contributed by atoms with Gasteiger partial charge in [-0.1, -0.05) is 42.5 Å². The maximum absolute atomic E-state index is 13.0. The van der Waals surface area contributed by atoms with Crippen molar-refractivity contribution in [3.8, 4) is 5.75 Å². The highest BCUT2D eigenvalue weighted by Gasteiger charge is 2.19. The molecule has 1 aromatic heterocycles. The number of carbonyl (C=O) groups excluding carboxylic acids is 1. The number of rotatable bonds is 4. The van der Waals surface area contributed by atoms with Crippen LogP contribution >= 0.6 is 0 Å². The van der Waals surface area contributed by atoms with Crippen molar-refractivity contribution in [2.75, 3.05) is 5.32 Å². The van der Waals surface area contributed by atoms with Crippen LogP contribution in [0.1, 0.15) is 10.4 Å². The summed E-state index contributed by atoms with van der Waals surface area (Å²) in [6.07, 6.45) is 0. The van der Waals surface area contributed by atoms with Gasteiger partial charge in [-0.25, -0.2) is 4.79 Å². The predicted molar refractivity (Wildman–Crippen MR) is 123 cm³/mol. The minimum Gasteiger partial charge on any atom is -0.505 e. The fraction of sp³-hybridized carbons (Fsp3) is 0. The van der Waals surface area contributed by atoms with Crippen molar-refractivity contribution < 1.29 is 9.90 Å². The zero-order valence-electron chi connectivity index (χ0n) is 16.7. The monoisotopic (exact) mass is 423 g/mol. The number of imidazole rings is 1. The smallest absolute Gasteiger partial charge is 0.323 e. The van der Waals surface area contributed by atoms with E-state index in [4.69, 9.17) is 0 Å². The van der Waals surface area contributed by atoms with Gasteiger partial charge >= 0.3 is 5.69 Å². The first-order valence-electron chi connectivity index (χ1n) is 9.83. The molecule has 0 spiro atoms. The molecule has 8 heteroatoms. The van der Waals surface area contributed by atoms with Crippen molar-refractivity contribution in [2.24, 2.45) is 10.2 Å². The fourth-order valence-corrected chi connectivity index (χ4v) is 3.50. The Morgan fingerprint density at radius 3 is 2.44 bits per heavy atom. The van der Waals surface area contributed by atoms with Crippen LogP contribution in [-0.2, 0) is 0 Å². The molecule has 0 aliphatic rings. The Morgan fingerprint density at radius 1 is 0.844 bits per heavy atom. The standard InChI is InChI=1S/C24H17N5O3/c30-22-18(23(31)25-16-10-11-19-20(13-16)27-24(32)26-19)12-14-6-4-5-9-17(14)21(22)29-28-15-7-2-1-3-8-15/h1-13,30H,(H,25,31)(H2,26,27,32). The summed E-state index contributed by atoms with van der Waals surface area (Å²) in [5, 5.41) is 23.5. The molecular formula is C24H17N5O3. The van der Waals surface area contributed by atoms with Crippen LogP contribution in [0.2, 0.25) is 0 Å². The van der Waals surface area contributed by atoms with E-state index in [9.17, 15) is 14.7 Å². The number of hydrogen-bond acceptors (Lipinski definition) is 5. The Morgan fingerprint density at radius 2 is 1.59 bits per heavy atom. The minimum absolute atomic E-state index is 0.0633. The van der Waals surface area contributed by atoms with Gasteiger partial charge in [0.2, 0.25) is 0 Å². The van der Waals surface area contributed by atoms with Crippen LogP contribution in [0, 0.1) is 0 Å². The zero-order chi connectivity index (χ0) is 22.1. The van der Waals surface area contributed by atoms with Crippen LogP contribution in [0.3, 0.4) is 0 Å². The first kappa shape index (κ1) is 19.3. The Kier molecular flexibility index (Phi) is 4.72. The number of azo groups is 1.